The maximum absolute atomic E-state index is 10.8. The first-order valence-corrected chi connectivity index (χ1v) is 6.65. The van der Waals surface area contributed by atoms with Gasteiger partial charge in [-0.1, -0.05) is 23.4 Å². The van der Waals surface area contributed by atoms with E-state index in [1.807, 2.05) is 0 Å². The molecule has 0 bridgehead atoms. The van der Waals surface area contributed by atoms with Crippen LogP contribution in [0.5, 0.6) is 0 Å². The molecule has 0 spiro atoms. The van der Waals surface area contributed by atoms with Gasteiger partial charge < -0.3 is 5.73 Å². The SMILES string of the molecule is Nc1c(Br)cc([N+](=O)[O-])cc1C#Cc1ccc(Cl)cc1. The third kappa shape index (κ3) is 3.29. The third-order valence-corrected chi connectivity index (χ3v) is 3.42. The Hall–Kier alpha value is -2.03. The lowest BCUT2D eigenvalue weighted by atomic mass is 10.1. The number of rotatable bonds is 1. The summed E-state index contributed by atoms with van der Waals surface area (Å²) in [4.78, 5) is 10.3. The van der Waals surface area contributed by atoms with Gasteiger partial charge in [0.15, 0.2) is 0 Å². The molecular weight excluding hydrogens is 344 g/mol. The fourth-order valence-corrected chi connectivity index (χ4v) is 2.06. The summed E-state index contributed by atoms with van der Waals surface area (Å²) in [6.07, 6.45) is 0. The molecule has 0 atom stereocenters. The van der Waals surface area contributed by atoms with E-state index in [2.05, 4.69) is 27.8 Å². The summed E-state index contributed by atoms with van der Waals surface area (Å²) >= 11 is 8.97. The van der Waals surface area contributed by atoms with E-state index < -0.39 is 4.92 Å². The van der Waals surface area contributed by atoms with Crippen LogP contribution in [-0.2, 0) is 0 Å². The number of anilines is 1. The molecule has 0 unspecified atom stereocenters. The van der Waals surface area contributed by atoms with Gasteiger partial charge >= 0.3 is 0 Å². The zero-order valence-electron chi connectivity index (χ0n) is 10.1. The number of nitrogens with two attached hydrogens (primary N) is 1. The molecule has 2 rings (SSSR count). The number of nitro groups is 1. The predicted molar refractivity (Wildman–Crippen MR) is 82.6 cm³/mol. The van der Waals surface area contributed by atoms with Gasteiger partial charge in [0, 0.05) is 27.2 Å². The number of nitro benzene ring substituents is 1. The number of halogens is 2. The summed E-state index contributed by atoms with van der Waals surface area (Å²) in [5.74, 6) is 5.72. The number of hydrogen-bond donors (Lipinski definition) is 1. The second-order valence-corrected chi connectivity index (χ2v) is 5.19. The van der Waals surface area contributed by atoms with Crippen molar-refractivity contribution in [2.75, 3.05) is 5.73 Å². The Balaban J connectivity index is 2.43. The summed E-state index contributed by atoms with van der Waals surface area (Å²) < 4.78 is 0.451. The molecule has 0 aromatic heterocycles. The average Bonchev–Trinajstić information content (AvgIpc) is 2.42. The Morgan fingerprint density at radius 1 is 1.20 bits per heavy atom. The van der Waals surface area contributed by atoms with Crippen LogP contribution in [0.4, 0.5) is 11.4 Å². The van der Waals surface area contributed by atoms with Crippen molar-refractivity contribution < 1.29 is 4.92 Å². The monoisotopic (exact) mass is 350 g/mol. The van der Waals surface area contributed by atoms with Crippen LogP contribution in [0, 0.1) is 22.0 Å². The molecule has 0 radical (unpaired) electrons. The fraction of sp³-hybridized carbons (Fsp3) is 0. The Morgan fingerprint density at radius 3 is 2.45 bits per heavy atom. The first kappa shape index (κ1) is 14.4. The highest BCUT2D eigenvalue weighted by Crippen LogP contribution is 2.28. The Labute approximate surface area is 128 Å². The van der Waals surface area contributed by atoms with Crippen molar-refractivity contribution in [1.82, 2.24) is 0 Å². The predicted octanol–water partition coefficient (Wildman–Crippen LogP) is 3.99. The summed E-state index contributed by atoms with van der Waals surface area (Å²) in [6, 6.07) is 9.66. The van der Waals surface area contributed by atoms with Crippen molar-refractivity contribution in [1.29, 1.82) is 0 Å². The Kier molecular flexibility index (Phi) is 4.28. The van der Waals surface area contributed by atoms with Crippen molar-refractivity contribution in [3.8, 4) is 11.8 Å². The van der Waals surface area contributed by atoms with Crippen molar-refractivity contribution in [2.45, 2.75) is 0 Å². The number of benzene rings is 2. The zero-order valence-corrected chi connectivity index (χ0v) is 12.4. The molecule has 6 heteroatoms. The molecule has 20 heavy (non-hydrogen) atoms. The number of non-ortho nitro benzene ring substituents is 1. The van der Waals surface area contributed by atoms with Crippen LogP contribution in [-0.4, -0.2) is 4.92 Å². The topological polar surface area (TPSA) is 69.2 Å². The standard InChI is InChI=1S/C14H8BrClN2O2/c15-13-8-12(18(19)20)7-10(14(13)17)4-1-9-2-5-11(16)6-3-9/h2-3,5-8H,17H2. The van der Waals surface area contributed by atoms with Crippen molar-refractivity contribution in [3.05, 3.63) is 67.1 Å². The van der Waals surface area contributed by atoms with Crippen LogP contribution in [0.2, 0.25) is 5.02 Å². The zero-order chi connectivity index (χ0) is 14.7. The van der Waals surface area contributed by atoms with Gasteiger partial charge in [-0.05, 0) is 40.2 Å². The molecule has 0 saturated heterocycles. The minimum Gasteiger partial charge on any atom is -0.397 e. The molecule has 100 valence electrons. The van der Waals surface area contributed by atoms with E-state index in [0.29, 0.717) is 20.7 Å². The summed E-state index contributed by atoms with van der Waals surface area (Å²) in [7, 11) is 0. The summed E-state index contributed by atoms with van der Waals surface area (Å²) in [6.45, 7) is 0. The lowest BCUT2D eigenvalue weighted by Gasteiger charge is -2.01. The second-order valence-electron chi connectivity index (χ2n) is 3.90. The number of hydrogen-bond acceptors (Lipinski definition) is 3. The van der Waals surface area contributed by atoms with Gasteiger partial charge in [0.25, 0.3) is 5.69 Å². The highest BCUT2D eigenvalue weighted by Gasteiger charge is 2.11. The van der Waals surface area contributed by atoms with E-state index >= 15 is 0 Å². The fourth-order valence-electron chi connectivity index (χ4n) is 1.49. The van der Waals surface area contributed by atoms with Crippen LogP contribution in [0.1, 0.15) is 11.1 Å². The van der Waals surface area contributed by atoms with Crippen LogP contribution in [0.25, 0.3) is 0 Å². The molecular formula is C14H8BrClN2O2. The largest absolute Gasteiger partial charge is 0.397 e. The van der Waals surface area contributed by atoms with E-state index in [-0.39, 0.29) is 5.69 Å². The molecule has 0 saturated carbocycles. The minimum atomic E-state index is -0.488. The molecule has 4 nitrogen and oxygen atoms in total. The Morgan fingerprint density at radius 2 is 1.85 bits per heavy atom. The summed E-state index contributed by atoms with van der Waals surface area (Å²) in [5.41, 5.74) is 7.31. The second kappa shape index (κ2) is 5.95. The third-order valence-electron chi connectivity index (χ3n) is 2.51. The van der Waals surface area contributed by atoms with E-state index in [4.69, 9.17) is 17.3 Å². The normalized spacial score (nSPS) is 9.70. The van der Waals surface area contributed by atoms with Gasteiger partial charge in [-0.25, -0.2) is 0 Å². The van der Waals surface area contributed by atoms with Crippen LogP contribution in [0.15, 0.2) is 40.9 Å². The molecule has 2 N–H and O–H groups in total. The highest BCUT2D eigenvalue weighted by molar-refractivity contribution is 9.10. The van der Waals surface area contributed by atoms with Gasteiger partial charge in [0.2, 0.25) is 0 Å². The maximum Gasteiger partial charge on any atom is 0.271 e. The summed E-state index contributed by atoms with van der Waals surface area (Å²) in [5, 5.41) is 11.4. The van der Waals surface area contributed by atoms with E-state index in [1.165, 1.54) is 12.1 Å². The molecule has 2 aromatic rings. The van der Waals surface area contributed by atoms with Crippen molar-refractivity contribution >= 4 is 38.9 Å². The molecule has 0 aliphatic rings. The average molecular weight is 352 g/mol. The molecule has 0 amide bonds. The van der Waals surface area contributed by atoms with Crippen molar-refractivity contribution in [2.24, 2.45) is 0 Å². The van der Waals surface area contributed by atoms with Crippen LogP contribution < -0.4 is 5.73 Å². The first-order valence-electron chi connectivity index (χ1n) is 5.48. The van der Waals surface area contributed by atoms with E-state index in [0.717, 1.165) is 5.56 Å². The molecule has 0 aliphatic carbocycles. The van der Waals surface area contributed by atoms with Gasteiger partial charge in [-0.15, -0.1) is 0 Å². The molecule has 2 aromatic carbocycles. The van der Waals surface area contributed by atoms with E-state index in [1.54, 1.807) is 24.3 Å². The lowest BCUT2D eigenvalue weighted by Crippen LogP contribution is -1.95. The highest BCUT2D eigenvalue weighted by atomic mass is 79.9. The first-order chi connectivity index (χ1) is 9.47. The van der Waals surface area contributed by atoms with Gasteiger partial charge in [-0.2, -0.15) is 0 Å². The van der Waals surface area contributed by atoms with Gasteiger partial charge in [0.05, 0.1) is 16.2 Å². The van der Waals surface area contributed by atoms with Gasteiger partial charge in [-0.3, -0.25) is 10.1 Å². The molecule has 0 aliphatic heterocycles. The Bertz CT molecular complexity index is 733. The number of nitrogen functional groups attached to an aromatic ring is 1. The van der Waals surface area contributed by atoms with Crippen LogP contribution >= 0.6 is 27.5 Å². The maximum atomic E-state index is 10.8. The minimum absolute atomic E-state index is 0.0634. The van der Waals surface area contributed by atoms with Gasteiger partial charge in [0.1, 0.15) is 0 Å². The van der Waals surface area contributed by atoms with Crippen LogP contribution in [0.3, 0.4) is 0 Å². The van der Waals surface area contributed by atoms with Crippen molar-refractivity contribution in [3.63, 3.8) is 0 Å². The molecule has 0 heterocycles. The number of nitrogens with zero attached hydrogens (tertiary/aromatic N) is 1. The van der Waals surface area contributed by atoms with E-state index in [9.17, 15) is 10.1 Å². The molecule has 0 fully saturated rings. The smallest absolute Gasteiger partial charge is 0.271 e. The lowest BCUT2D eigenvalue weighted by molar-refractivity contribution is -0.384. The quantitative estimate of drug-likeness (QED) is 0.365.